The largest absolute Gasteiger partial charge is 0.353 e. The summed E-state index contributed by atoms with van der Waals surface area (Å²) in [6, 6.07) is 16.2. The Morgan fingerprint density at radius 3 is 2.74 bits per heavy atom. The summed E-state index contributed by atoms with van der Waals surface area (Å²) >= 11 is 0. The van der Waals surface area contributed by atoms with Crippen molar-refractivity contribution < 1.29 is 0 Å². The lowest BCUT2D eigenvalue weighted by Crippen LogP contribution is -2.52. The van der Waals surface area contributed by atoms with Crippen LogP contribution in [0.5, 0.6) is 0 Å². The van der Waals surface area contributed by atoms with Crippen molar-refractivity contribution in [3.8, 4) is 24.0 Å². The van der Waals surface area contributed by atoms with Gasteiger partial charge in [0.2, 0.25) is 0 Å². The van der Waals surface area contributed by atoms with E-state index in [1.807, 2.05) is 24.3 Å². The summed E-state index contributed by atoms with van der Waals surface area (Å²) in [5.41, 5.74) is 2.17. The third kappa shape index (κ3) is 3.49. The fourth-order valence-corrected chi connectivity index (χ4v) is 3.97. The molecule has 2 aliphatic rings. The lowest BCUT2D eigenvalue weighted by atomic mass is 10.1. The minimum atomic E-state index is 0.252. The van der Waals surface area contributed by atoms with Crippen LogP contribution in [0.15, 0.2) is 42.6 Å². The Kier molecular flexibility index (Phi) is 4.75. The molecule has 132 valence electrons. The van der Waals surface area contributed by atoms with Crippen molar-refractivity contribution in [1.82, 2.24) is 9.88 Å². The average Bonchev–Trinajstić information content (AvgIpc) is 3.14. The summed E-state index contributed by atoms with van der Waals surface area (Å²) in [6.07, 6.45) is 3.90. The smallest absolute Gasteiger partial charge is 0.146 e. The molecule has 0 saturated carbocycles. The van der Waals surface area contributed by atoms with Crippen LogP contribution in [0.3, 0.4) is 0 Å². The Labute approximate surface area is 159 Å². The molecule has 2 atom stereocenters. The van der Waals surface area contributed by atoms with Crippen LogP contribution < -0.4 is 4.90 Å². The molecule has 0 N–H and O–H groups in total. The molecule has 3 heterocycles. The number of nitrogens with zero attached hydrogens (tertiary/aromatic N) is 5. The van der Waals surface area contributed by atoms with Gasteiger partial charge in [-0.3, -0.25) is 4.90 Å². The summed E-state index contributed by atoms with van der Waals surface area (Å²) in [4.78, 5) is 9.14. The second-order valence-electron chi connectivity index (χ2n) is 6.88. The normalized spacial score (nSPS) is 21.5. The number of aromatic nitrogens is 1. The molecule has 2 fully saturated rings. The van der Waals surface area contributed by atoms with Crippen molar-refractivity contribution in [2.24, 2.45) is 0 Å². The third-order valence-corrected chi connectivity index (χ3v) is 5.28. The van der Waals surface area contributed by atoms with Crippen molar-refractivity contribution in [1.29, 1.82) is 10.5 Å². The number of rotatable bonds is 1. The van der Waals surface area contributed by atoms with E-state index < -0.39 is 0 Å². The molecule has 0 radical (unpaired) electrons. The van der Waals surface area contributed by atoms with E-state index in [9.17, 15) is 5.26 Å². The first kappa shape index (κ1) is 17.1. The number of fused-ring (bicyclic) bond motifs is 1. The Hall–Kier alpha value is -3.33. The molecular formula is C22H19N5. The molecule has 2 unspecified atom stereocenters. The van der Waals surface area contributed by atoms with Crippen LogP contribution in [0.4, 0.5) is 5.82 Å². The molecule has 2 aliphatic heterocycles. The topological polar surface area (TPSA) is 67.0 Å². The van der Waals surface area contributed by atoms with E-state index in [0.717, 1.165) is 43.9 Å². The quantitative estimate of drug-likeness (QED) is 0.737. The number of hydrogen-bond acceptors (Lipinski definition) is 5. The Morgan fingerprint density at radius 2 is 1.89 bits per heavy atom. The highest BCUT2D eigenvalue weighted by molar-refractivity contribution is 5.54. The van der Waals surface area contributed by atoms with Gasteiger partial charge in [0.1, 0.15) is 11.9 Å². The van der Waals surface area contributed by atoms with Crippen LogP contribution in [-0.2, 0) is 0 Å². The van der Waals surface area contributed by atoms with Crippen LogP contribution >= 0.6 is 0 Å². The van der Waals surface area contributed by atoms with E-state index in [-0.39, 0.29) is 6.04 Å². The number of piperazine rings is 1. The fourth-order valence-electron chi connectivity index (χ4n) is 3.97. The van der Waals surface area contributed by atoms with Gasteiger partial charge in [-0.1, -0.05) is 17.9 Å². The van der Waals surface area contributed by atoms with Gasteiger partial charge in [0, 0.05) is 37.4 Å². The van der Waals surface area contributed by atoms with Crippen molar-refractivity contribution in [2.45, 2.75) is 24.9 Å². The SMILES string of the molecule is N#Cc1cccc(C#CC2CCC3CN(c4ncccc4C#N)CCN23)c1. The summed E-state index contributed by atoms with van der Waals surface area (Å²) in [5.74, 6) is 7.44. The maximum absolute atomic E-state index is 9.33. The van der Waals surface area contributed by atoms with Crippen molar-refractivity contribution in [2.75, 3.05) is 24.5 Å². The van der Waals surface area contributed by atoms with Gasteiger partial charge >= 0.3 is 0 Å². The fraction of sp³-hybridized carbons (Fsp3) is 0.318. The zero-order valence-electron chi connectivity index (χ0n) is 15.0. The highest BCUT2D eigenvalue weighted by atomic mass is 15.3. The van der Waals surface area contributed by atoms with E-state index in [2.05, 4.69) is 38.8 Å². The van der Waals surface area contributed by atoms with Gasteiger partial charge in [-0.05, 0) is 43.2 Å². The highest BCUT2D eigenvalue weighted by Crippen LogP contribution is 2.29. The van der Waals surface area contributed by atoms with Gasteiger partial charge in [0.15, 0.2) is 0 Å². The van der Waals surface area contributed by atoms with E-state index in [0.29, 0.717) is 17.2 Å². The summed E-state index contributed by atoms with van der Waals surface area (Å²) in [7, 11) is 0. The minimum Gasteiger partial charge on any atom is -0.353 e. The molecule has 0 amide bonds. The average molecular weight is 353 g/mol. The zero-order chi connectivity index (χ0) is 18.6. The second-order valence-corrected chi connectivity index (χ2v) is 6.88. The number of hydrogen-bond donors (Lipinski definition) is 0. The summed E-state index contributed by atoms with van der Waals surface area (Å²) in [5, 5.41) is 18.3. The summed E-state index contributed by atoms with van der Waals surface area (Å²) in [6.45, 7) is 2.65. The van der Waals surface area contributed by atoms with E-state index in [1.54, 1.807) is 18.3 Å². The van der Waals surface area contributed by atoms with Crippen LogP contribution in [0, 0.1) is 34.5 Å². The first-order valence-corrected chi connectivity index (χ1v) is 9.16. The van der Waals surface area contributed by atoms with Crippen LogP contribution in [0.25, 0.3) is 0 Å². The molecule has 27 heavy (non-hydrogen) atoms. The molecule has 2 saturated heterocycles. The number of pyridine rings is 1. The first-order chi connectivity index (χ1) is 13.3. The first-order valence-electron chi connectivity index (χ1n) is 9.16. The third-order valence-electron chi connectivity index (χ3n) is 5.28. The van der Waals surface area contributed by atoms with Crippen molar-refractivity contribution in [3.05, 3.63) is 59.3 Å². The molecule has 0 spiro atoms. The molecule has 4 rings (SSSR count). The van der Waals surface area contributed by atoms with Crippen LogP contribution in [-0.4, -0.2) is 41.6 Å². The standard InChI is InChI=1S/C22H19N5/c23-14-18-4-1-3-17(13-18)6-7-20-8-9-21-16-26(11-12-27(20)21)22-19(15-24)5-2-10-25-22/h1-5,10,13,20-21H,8-9,11-12,16H2. The minimum absolute atomic E-state index is 0.252. The molecule has 0 bridgehead atoms. The Balaban J connectivity index is 1.47. The van der Waals surface area contributed by atoms with Gasteiger partial charge < -0.3 is 4.90 Å². The zero-order valence-corrected chi connectivity index (χ0v) is 15.0. The molecule has 0 aliphatic carbocycles. The van der Waals surface area contributed by atoms with Gasteiger partial charge in [-0.25, -0.2) is 4.98 Å². The maximum atomic E-state index is 9.33. The van der Waals surface area contributed by atoms with Crippen molar-refractivity contribution in [3.63, 3.8) is 0 Å². The molecule has 2 aromatic rings. The van der Waals surface area contributed by atoms with Crippen LogP contribution in [0.2, 0.25) is 0 Å². The van der Waals surface area contributed by atoms with Gasteiger partial charge in [0.05, 0.1) is 23.2 Å². The maximum Gasteiger partial charge on any atom is 0.146 e. The van der Waals surface area contributed by atoms with E-state index in [1.165, 1.54) is 0 Å². The van der Waals surface area contributed by atoms with Gasteiger partial charge in [-0.2, -0.15) is 10.5 Å². The molecule has 5 heteroatoms. The van der Waals surface area contributed by atoms with E-state index in [4.69, 9.17) is 5.26 Å². The monoisotopic (exact) mass is 353 g/mol. The predicted octanol–water partition coefficient (Wildman–Crippen LogP) is 2.53. The molecule has 5 nitrogen and oxygen atoms in total. The highest BCUT2D eigenvalue weighted by Gasteiger charge is 2.37. The number of benzene rings is 1. The Morgan fingerprint density at radius 1 is 1.00 bits per heavy atom. The molecular weight excluding hydrogens is 334 g/mol. The van der Waals surface area contributed by atoms with Gasteiger partial charge in [0.25, 0.3) is 0 Å². The van der Waals surface area contributed by atoms with Crippen LogP contribution in [0.1, 0.15) is 29.5 Å². The summed E-state index contributed by atoms with van der Waals surface area (Å²) < 4.78 is 0. The Bertz CT molecular complexity index is 988. The van der Waals surface area contributed by atoms with Crippen molar-refractivity contribution >= 4 is 5.82 Å². The lowest BCUT2D eigenvalue weighted by molar-refractivity contribution is 0.202. The molecule has 1 aromatic carbocycles. The van der Waals surface area contributed by atoms with E-state index >= 15 is 0 Å². The number of anilines is 1. The predicted molar refractivity (Wildman–Crippen MR) is 103 cm³/mol. The second kappa shape index (κ2) is 7.50. The number of nitriles is 2. The lowest BCUT2D eigenvalue weighted by Gasteiger charge is -2.39. The molecule has 1 aromatic heterocycles. The van der Waals surface area contributed by atoms with Gasteiger partial charge in [-0.15, -0.1) is 0 Å².